The summed E-state index contributed by atoms with van der Waals surface area (Å²) in [6.45, 7) is 0.572. The predicted molar refractivity (Wildman–Crippen MR) is 110 cm³/mol. The van der Waals surface area contributed by atoms with Gasteiger partial charge < -0.3 is 15.0 Å². The number of hydrogen-bond acceptors (Lipinski definition) is 4. The second-order valence-electron chi connectivity index (χ2n) is 8.44. The fourth-order valence-electron chi connectivity index (χ4n) is 4.50. The van der Waals surface area contributed by atoms with Gasteiger partial charge in [0.25, 0.3) is 0 Å². The van der Waals surface area contributed by atoms with Gasteiger partial charge in [-0.25, -0.2) is 4.79 Å². The first kappa shape index (κ1) is 19.1. The largest absolute Gasteiger partial charge is 0.368 e. The van der Waals surface area contributed by atoms with E-state index < -0.39 is 12.1 Å². The quantitative estimate of drug-likeness (QED) is 0.826. The van der Waals surface area contributed by atoms with Crippen LogP contribution in [0, 0.1) is 5.92 Å². The molecule has 0 spiro atoms. The smallest absolute Gasteiger partial charge is 0.326 e. The Morgan fingerprint density at radius 2 is 1.90 bits per heavy atom. The minimum atomic E-state index is -0.625. The summed E-state index contributed by atoms with van der Waals surface area (Å²) < 4.78 is 6.98. The van der Waals surface area contributed by atoms with Crippen molar-refractivity contribution < 1.29 is 19.1 Å². The van der Waals surface area contributed by atoms with Gasteiger partial charge in [-0.1, -0.05) is 43.2 Å². The fraction of sp³-hybridized carbons (Fsp3) is 0.435. The maximum Gasteiger partial charge on any atom is 0.326 e. The molecule has 3 heterocycles. The van der Waals surface area contributed by atoms with Crippen LogP contribution < -0.4 is 5.32 Å². The van der Waals surface area contributed by atoms with Crippen LogP contribution in [0.15, 0.2) is 48.8 Å². The van der Waals surface area contributed by atoms with E-state index in [2.05, 4.69) is 5.32 Å². The molecule has 1 saturated carbocycles. The zero-order valence-electron chi connectivity index (χ0n) is 16.7. The monoisotopic (exact) mass is 407 g/mol. The molecule has 1 N–H and O–H groups in total. The number of ether oxygens (including phenoxy) is 1. The standard InChI is InChI=1S/C23H25N3O4/c27-19-14-30-20-9-11-26(21(19)20)22(28)18(12-15-6-7-15)24-23(29)25-10-8-17(13-25)16-4-2-1-3-5-16/h1-5,8,10,13,15,18,20-21H,6-7,9,11-12,14H2,(H,24,29). The molecule has 1 aliphatic carbocycles. The van der Waals surface area contributed by atoms with E-state index in [1.54, 1.807) is 17.3 Å². The summed E-state index contributed by atoms with van der Waals surface area (Å²) in [6.07, 6.45) is 6.71. The number of likely N-dealkylation sites (tertiary alicyclic amines) is 1. The van der Waals surface area contributed by atoms with Gasteiger partial charge in [0, 0.05) is 18.9 Å². The van der Waals surface area contributed by atoms with Crippen LogP contribution in [0.1, 0.15) is 25.7 Å². The Morgan fingerprint density at radius 1 is 1.10 bits per heavy atom. The first-order valence-electron chi connectivity index (χ1n) is 10.6. The van der Waals surface area contributed by atoms with Crippen LogP contribution >= 0.6 is 0 Å². The molecule has 1 aromatic carbocycles. The third kappa shape index (κ3) is 3.65. The third-order valence-electron chi connectivity index (χ3n) is 6.29. The zero-order valence-corrected chi connectivity index (χ0v) is 16.7. The number of ketones is 1. The minimum absolute atomic E-state index is 0.0414. The average molecular weight is 407 g/mol. The Kier molecular flexibility index (Phi) is 4.90. The summed E-state index contributed by atoms with van der Waals surface area (Å²) in [4.78, 5) is 40.0. The molecule has 1 aromatic heterocycles. The van der Waals surface area contributed by atoms with Crippen LogP contribution in [0.3, 0.4) is 0 Å². The van der Waals surface area contributed by atoms with Gasteiger partial charge in [-0.05, 0) is 36.0 Å². The lowest BCUT2D eigenvalue weighted by atomic mass is 10.1. The van der Waals surface area contributed by atoms with Crippen molar-refractivity contribution in [3.8, 4) is 11.1 Å². The van der Waals surface area contributed by atoms with Crippen molar-refractivity contribution in [2.45, 2.75) is 43.9 Å². The highest BCUT2D eigenvalue weighted by atomic mass is 16.5. The summed E-state index contributed by atoms with van der Waals surface area (Å²) >= 11 is 0. The normalized spacial score (nSPS) is 24.0. The molecule has 5 rings (SSSR count). The number of nitrogens with zero attached hydrogens (tertiary/aromatic N) is 2. The molecule has 7 heteroatoms. The van der Waals surface area contributed by atoms with E-state index in [4.69, 9.17) is 4.74 Å². The van der Waals surface area contributed by atoms with Crippen LogP contribution in [0.5, 0.6) is 0 Å². The van der Waals surface area contributed by atoms with E-state index in [1.807, 2.05) is 36.4 Å². The van der Waals surface area contributed by atoms with Crippen molar-refractivity contribution in [2.24, 2.45) is 5.92 Å². The second-order valence-corrected chi connectivity index (χ2v) is 8.44. The third-order valence-corrected chi connectivity index (χ3v) is 6.29. The van der Waals surface area contributed by atoms with E-state index in [-0.39, 0.29) is 30.4 Å². The van der Waals surface area contributed by atoms with Crippen molar-refractivity contribution in [3.05, 3.63) is 48.8 Å². The lowest BCUT2D eigenvalue weighted by Gasteiger charge is -2.27. The van der Waals surface area contributed by atoms with Gasteiger partial charge in [0.15, 0.2) is 5.78 Å². The molecular weight excluding hydrogens is 382 g/mol. The van der Waals surface area contributed by atoms with Crippen LogP contribution in [-0.4, -0.2) is 58.5 Å². The molecule has 30 heavy (non-hydrogen) atoms. The Hall–Kier alpha value is -2.93. The fourth-order valence-corrected chi connectivity index (χ4v) is 4.50. The van der Waals surface area contributed by atoms with E-state index in [9.17, 15) is 14.4 Å². The molecule has 2 aliphatic heterocycles. The Morgan fingerprint density at radius 3 is 2.67 bits per heavy atom. The Bertz CT molecular complexity index is 966. The molecule has 156 valence electrons. The SMILES string of the molecule is O=C1COC2CCN(C(=O)C(CC3CC3)NC(=O)n3ccc(-c4ccccc4)c3)C12. The molecule has 2 saturated heterocycles. The number of benzene rings is 1. The van der Waals surface area contributed by atoms with Crippen LogP contribution in [-0.2, 0) is 14.3 Å². The first-order valence-corrected chi connectivity index (χ1v) is 10.6. The highest BCUT2D eigenvalue weighted by molar-refractivity contribution is 5.95. The van der Waals surface area contributed by atoms with Crippen molar-refractivity contribution in [1.29, 1.82) is 0 Å². The summed E-state index contributed by atoms with van der Waals surface area (Å²) in [5, 5.41) is 2.92. The molecule has 3 fully saturated rings. The molecule has 7 nitrogen and oxygen atoms in total. The van der Waals surface area contributed by atoms with Gasteiger partial charge >= 0.3 is 6.03 Å². The van der Waals surface area contributed by atoms with Gasteiger partial charge in [0.05, 0.1) is 6.10 Å². The molecule has 3 unspecified atom stereocenters. The summed E-state index contributed by atoms with van der Waals surface area (Å²) in [5.41, 5.74) is 1.96. The summed E-state index contributed by atoms with van der Waals surface area (Å²) in [6, 6.07) is 10.3. The summed E-state index contributed by atoms with van der Waals surface area (Å²) in [5.74, 6) is 0.245. The van der Waals surface area contributed by atoms with Gasteiger partial charge in [-0.15, -0.1) is 0 Å². The van der Waals surface area contributed by atoms with Crippen LogP contribution in [0.2, 0.25) is 0 Å². The number of nitrogens with one attached hydrogen (secondary N) is 1. The number of Topliss-reactive ketones (excluding diaryl/α,β-unsaturated/α-hetero) is 1. The van der Waals surface area contributed by atoms with E-state index in [0.717, 1.165) is 24.0 Å². The Labute approximate surface area is 175 Å². The van der Waals surface area contributed by atoms with Gasteiger partial charge in [0.1, 0.15) is 18.7 Å². The van der Waals surface area contributed by atoms with E-state index in [0.29, 0.717) is 25.3 Å². The highest BCUT2D eigenvalue weighted by Gasteiger charge is 2.48. The van der Waals surface area contributed by atoms with E-state index >= 15 is 0 Å². The molecule has 2 amide bonds. The van der Waals surface area contributed by atoms with E-state index in [1.165, 1.54) is 4.57 Å². The molecular formula is C23H25N3O4. The Balaban J connectivity index is 1.31. The van der Waals surface area contributed by atoms with Crippen LogP contribution in [0.4, 0.5) is 4.79 Å². The number of carbonyl (C=O) groups is 3. The van der Waals surface area contributed by atoms with Crippen molar-refractivity contribution >= 4 is 17.7 Å². The lowest BCUT2D eigenvalue weighted by molar-refractivity contribution is -0.138. The topological polar surface area (TPSA) is 80.6 Å². The first-order chi connectivity index (χ1) is 14.6. The van der Waals surface area contributed by atoms with Gasteiger partial charge in [0.2, 0.25) is 5.91 Å². The van der Waals surface area contributed by atoms with Gasteiger partial charge in [-0.2, -0.15) is 0 Å². The molecule has 2 aromatic rings. The number of rotatable bonds is 5. The number of carbonyl (C=O) groups excluding carboxylic acids is 3. The maximum absolute atomic E-state index is 13.3. The number of fused-ring (bicyclic) bond motifs is 1. The zero-order chi connectivity index (χ0) is 20.7. The van der Waals surface area contributed by atoms with Crippen molar-refractivity contribution in [2.75, 3.05) is 13.2 Å². The maximum atomic E-state index is 13.3. The molecule has 0 radical (unpaired) electrons. The predicted octanol–water partition coefficient (Wildman–Crippen LogP) is 2.45. The average Bonchev–Trinajstić information content (AvgIpc) is 3.16. The van der Waals surface area contributed by atoms with Crippen molar-refractivity contribution in [1.82, 2.24) is 14.8 Å². The molecule has 3 atom stereocenters. The van der Waals surface area contributed by atoms with Gasteiger partial charge in [-0.3, -0.25) is 14.2 Å². The molecule has 3 aliphatic rings. The van der Waals surface area contributed by atoms with Crippen LogP contribution in [0.25, 0.3) is 11.1 Å². The number of aromatic nitrogens is 1. The number of amides is 2. The molecule has 0 bridgehead atoms. The number of hydrogen-bond donors (Lipinski definition) is 1. The minimum Gasteiger partial charge on any atom is -0.368 e. The second kappa shape index (κ2) is 7.72. The summed E-state index contributed by atoms with van der Waals surface area (Å²) in [7, 11) is 0. The lowest BCUT2D eigenvalue weighted by Crippen LogP contribution is -2.53. The van der Waals surface area contributed by atoms with Crippen molar-refractivity contribution in [3.63, 3.8) is 0 Å². The highest BCUT2D eigenvalue weighted by Crippen LogP contribution is 2.35.